The van der Waals surface area contributed by atoms with Crippen LogP contribution in [0, 0.1) is 13.8 Å². The first-order valence-corrected chi connectivity index (χ1v) is 4.51. The van der Waals surface area contributed by atoms with Gasteiger partial charge in [0.05, 0.1) is 0 Å². The van der Waals surface area contributed by atoms with Gasteiger partial charge in [-0.15, -0.1) is 0 Å². The van der Waals surface area contributed by atoms with Crippen LogP contribution in [-0.2, 0) is 0 Å². The van der Waals surface area contributed by atoms with Gasteiger partial charge in [0.25, 0.3) is 0 Å². The average Bonchev–Trinajstić information content (AvgIpc) is 2.73. The zero-order valence-corrected chi connectivity index (χ0v) is 7.67. The first-order chi connectivity index (χ1) is 5.68. The van der Waals surface area contributed by atoms with Crippen LogP contribution in [-0.4, -0.2) is 6.04 Å². The van der Waals surface area contributed by atoms with E-state index in [0.717, 1.165) is 0 Å². The average molecular weight is 161 g/mol. The molecule has 1 aliphatic rings. The summed E-state index contributed by atoms with van der Waals surface area (Å²) in [6.45, 7) is 4.30. The molecule has 0 bridgehead atoms. The van der Waals surface area contributed by atoms with Crippen molar-refractivity contribution in [2.45, 2.75) is 32.2 Å². The van der Waals surface area contributed by atoms with Crippen LogP contribution in [0.15, 0.2) is 18.2 Å². The van der Waals surface area contributed by atoms with E-state index in [9.17, 15) is 0 Å². The van der Waals surface area contributed by atoms with Gasteiger partial charge in [0.15, 0.2) is 0 Å². The zero-order valence-electron chi connectivity index (χ0n) is 7.67. The Morgan fingerprint density at radius 2 is 2.00 bits per heavy atom. The molecule has 2 N–H and O–H groups in total. The minimum atomic E-state index is 0.422. The van der Waals surface area contributed by atoms with E-state index in [0.29, 0.717) is 12.0 Å². The molecular formula is C11H15N. The Bertz CT molecular complexity index is 304. The molecule has 0 heterocycles. The van der Waals surface area contributed by atoms with E-state index in [1.54, 1.807) is 0 Å². The molecular weight excluding hydrogens is 146 g/mol. The van der Waals surface area contributed by atoms with Gasteiger partial charge >= 0.3 is 0 Å². The highest BCUT2D eigenvalue weighted by Gasteiger charge is 2.35. The van der Waals surface area contributed by atoms with Gasteiger partial charge in [-0.3, -0.25) is 0 Å². The predicted octanol–water partition coefficient (Wildman–Crippen LogP) is 2.12. The molecule has 12 heavy (non-hydrogen) atoms. The molecule has 1 aromatic carbocycles. The molecule has 0 radical (unpaired) electrons. The van der Waals surface area contributed by atoms with Crippen molar-refractivity contribution in [2.24, 2.45) is 5.73 Å². The summed E-state index contributed by atoms with van der Waals surface area (Å²) in [5, 5.41) is 0. The van der Waals surface area contributed by atoms with Gasteiger partial charge < -0.3 is 5.73 Å². The van der Waals surface area contributed by atoms with Crippen LogP contribution in [0.3, 0.4) is 0 Å². The second-order valence-corrected chi connectivity index (χ2v) is 3.87. The second kappa shape index (κ2) is 2.60. The standard InChI is InChI=1S/C11H15N/c1-7-3-4-8(2)9(5-7)10-6-11(10)12/h3-5,10-11H,6,12H2,1-2H3. The summed E-state index contributed by atoms with van der Waals surface area (Å²) < 4.78 is 0. The van der Waals surface area contributed by atoms with Crippen LogP contribution >= 0.6 is 0 Å². The topological polar surface area (TPSA) is 26.0 Å². The molecule has 1 fully saturated rings. The summed E-state index contributed by atoms with van der Waals surface area (Å²) in [6, 6.07) is 7.04. The minimum Gasteiger partial charge on any atom is -0.327 e. The maximum atomic E-state index is 5.82. The number of rotatable bonds is 1. The van der Waals surface area contributed by atoms with Crippen LogP contribution in [0.5, 0.6) is 0 Å². The maximum absolute atomic E-state index is 5.82. The second-order valence-electron chi connectivity index (χ2n) is 3.87. The highest BCUT2D eigenvalue weighted by molar-refractivity contribution is 5.37. The monoisotopic (exact) mass is 161 g/mol. The van der Waals surface area contributed by atoms with Gasteiger partial charge in [0.1, 0.15) is 0 Å². The molecule has 1 saturated carbocycles. The number of hydrogen-bond donors (Lipinski definition) is 1. The fraction of sp³-hybridized carbons (Fsp3) is 0.455. The third-order valence-electron chi connectivity index (χ3n) is 2.67. The Balaban J connectivity index is 2.36. The molecule has 0 aliphatic heterocycles. The van der Waals surface area contributed by atoms with Crippen molar-refractivity contribution in [2.75, 3.05) is 0 Å². The van der Waals surface area contributed by atoms with Crippen molar-refractivity contribution in [3.63, 3.8) is 0 Å². The van der Waals surface area contributed by atoms with Crippen molar-refractivity contribution >= 4 is 0 Å². The molecule has 0 saturated heterocycles. The summed E-state index contributed by atoms with van der Waals surface area (Å²) in [4.78, 5) is 0. The lowest BCUT2D eigenvalue weighted by molar-refractivity contribution is 0.978. The first-order valence-electron chi connectivity index (χ1n) is 4.51. The molecule has 1 aromatic rings. The normalized spacial score (nSPS) is 27.2. The van der Waals surface area contributed by atoms with Gasteiger partial charge in [-0.2, -0.15) is 0 Å². The van der Waals surface area contributed by atoms with Crippen molar-refractivity contribution in [1.82, 2.24) is 0 Å². The molecule has 2 atom stereocenters. The van der Waals surface area contributed by atoms with Crippen LogP contribution in [0.1, 0.15) is 29.0 Å². The van der Waals surface area contributed by atoms with Crippen molar-refractivity contribution in [3.8, 4) is 0 Å². The predicted molar refractivity (Wildman–Crippen MR) is 51.2 cm³/mol. The number of nitrogens with two attached hydrogens (primary N) is 1. The lowest BCUT2D eigenvalue weighted by Gasteiger charge is -2.04. The molecule has 0 spiro atoms. The summed E-state index contributed by atoms with van der Waals surface area (Å²) in [6.07, 6.45) is 1.17. The molecule has 2 rings (SSSR count). The van der Waals surface area contributed by atoms with Crippen LogP contribution in [0.25, 0.3) is 0 Å². The summed E-state index contributed by atoms with van der Waals surface area (Å²) in [7, 11) is 0. The smallest absolute Gasteiger partial charge is 0.0115 e. The molecule has 1 heteroatoms. The molecule has 1 nitrogen and oxygen atoms in total. The summed E-state index contributed by atoms with van der Waals surface area (Å²) in [5.41, 5.74) is 10.0. The molecule has 2 unspecified atom stereocenters. The fourth-order valence-corrected chi connectivity index (χ4v) is 1.73. The third kappa shape index (κ3) is 1.25. The lowest BCUT2D eigenvalue weighted by atomic mass is 10.0. The maximum Gasteiger partial charge on any atom is 0.0115 e. The van der Waals surface area contributed by atoms with E-state index in [-0.39, 0.29) is 0 Å². The molecule has 0 aromatic heterocycles. The van der Waals surface area contributed by atoms with E-state index in [4.69, 9.17) is 5.73 Å². The van der Waals surface area contributed by atoms with Crippen molar-refractivity contribution < 1.29 is 0 Å². The Hall–Kier alpha value is -0.820. The molecule has 1 aliphatic carbocycles. The SMILES string of the molecule is Cc1ccc(C)c(C2CC2N)c1. The number of hydrogen-bond acceptors (Lipinski definition) is 1. The highest BCUT2D eigenvalue weighted by Crippen LogP contribution is 2.40. The van der Waals surface area contributed by atoms with Gasteiger partial charge in [-0.1, -0.05) is 23.8 Å². The quantitative estimate of drug-likeness (QED) is 0.670. The van der Waals surface area contributed by atoms with Crippen LogP contribution < -0.4 is 5.73 Å². The van der Waals surface area contributed by atoms with Gasteiger partial charge in [0.2, 0.25) is 0 Å². The lowest BCUT2D eigenvalue weighted by Crippen LogP contribution is -2.02. The number of aryl methyl sites for hydroxylation is 2. The Labute approximate surface area is 73.6 Å². The minimum absolute atomic E-state index is 0.422. The number of benzene rings is 1. The first kappa shape index (κ1) is 7.81. The largest absolute Gasteiger partial charge is 0.327 e. The van der Waals surface area contributed by atoms with E-state index < -0.39 is 0 Å². The van der Waals surface area contributed by atoms with Crippen molar-refractivity contribution in [3.05, 3.63) is 34.9 Å². The zero-order chi connectivity index (χ0) is 8.72. The third-order valence-corrected chi connectivity index (χ3v) is 2.67. The summed E-state index contributed by atoms with van der Waals surface area (Å²) in [5.74, 6) is 0.643. The van der Waals surface area contributed by atoms with E-state index in [1.165, 1.54) is 23.1 Å². The van der Waals surface area contributed by atoms with Crippen LogP contribution in [0.2, 0.25) is 0 Å². The van der Waals surface area contributed by atoms with Crippen molar-refractivity contribution in [1.29, 1.82) is 0 Å². The van der Waals surface area contributed by atoms with Gasteiger partial charge in [-0.05, 0) is 31.4 Å². The van der Waals surface area contributed by atoms with E-state index in [1.807, 2.05) is 0 Å². The van der Waals surface area contributed by atoms with E-state index in [2.05, 4.69) is 32.0 Å². The molecule has 64 valence electrons. The fourth-order valence-electron chi connectivity index (χ4n) is 1.73. The Morgan fingerprint density at radius 3 is 2.58 bits per heavy atom. The Morgan fingerprint density at radius 1 is 1.33 bits per heavy atom. The highest BCUT2D eigenvalue weighted by atomic mass is 14.7. The van der Waals surface area contributed by atoms with E-state index >= 15 is 0 Å². The van der Waals surface area contributed by atoms with Gasteiger partial charge in [-0.25, -0.2) is 0 Å². The molecule has 0 amide bonds. The van der Waals surface area contributed by atoms with Crippen LogP contribution in [0.4, 0.5) is 0 Å². The van der Waals surface area contributed by atoms with Gasteiger partial charge in [0, 0.05) is 12.0 Å². The summed E-state index contributed by atoms with van der Waals surface area (Å²) >= 11 is 0. The Kier molecular flexibility index (Phi) is 1.69.